The molecule has 0 spiro atoms. The standard InChI is InChI=1S/C42H64Si/c1-7-13-15-17-19-25-33-41(9-3,10-4)43(42(11-5,12-6)34-26-20-18-16-14-8-2)39-30-24-23-29-37(39)38-32-31-35-27-21-22-28-36(35)40(38)43/h21-24,27-32H,7-20,25-26,33-34H2,1-6H3. The molecular formula is C42H64Si. The molecule has 0 amide bonds. The van der Waals surface area contributed by atoms with Gasteiger partial charge in [-0.15, -0.1) is 0 Å². The lowest BCUT2D eigenvalue weighted by Gasteiger charge is -2.59. The van der Waals surface area contributed by atoms with Gasteiger partial charge in [0.05, 0.1) is 0 Å². The first-order valence-electron chi connectivity index (χ1n) is 18.7. The predicted molar refractivity (Wildman–Crippen MR) is 197 cm³/mol. The molecular weight excluding hydrogens is 533 g/mol. The molecule has 3 aromatic rings. The van der Waals surface area contributed by atoms with Crippen molar-refractivity contribution in [3.05, 3.63) is 60.7 Å². The molecule has 1 aliphatic rings. The van der Waals surface area contributed by atoms with E-state index in [-0.39, 0.29) is 0 Å². The Morgan fingerprint density at radius 3 is 1.51 bits per heavy atom. The molecule has 0 radical (unpaired) electrons. The minimum atomic E-state index is -2.35. The maximum absolute atomic E-state index is 2.64. The lowest BCUT2D eigenvalue weighted by molar-refractivity contribution is 0.374. The average molecular weight is 597 g/mol. The minimum Gasteiger partial charge on any atom is -0.0654 e. The fourth-order valence-electron chi connectivity index (χ4n) is 9.87. The molecule has 3 aromatic carbocycles. The maximum atomic E-state index is 2.64. The Bertz CT molecular complexity index is 1230. The van der Waals surface area contributed by atoms with Crippen LogP contribution in [0.5, 0.6) is 0 Å². The van der Waals surface area contributed by atoms with Crippen molar-refractivity contribution >= 4 is 29.2 Å². The van der Waals surface area contributed by atoms with Gasteiger partial charge in [0.2, 0.25) is 0 Å². The Morgan fingerprint density at radius 1 is 0.465 bits per heavy atom. The van der Waals surface area contributed by atoms with E-state index < -0.39 is 8.07 Å². The van der Waals surface area contributed by atoms with Gasteiger partial charge >= 0.3 is 0 Å². The summed E-state index contributed by atoms with van der Waals surface area (Å²) >= 11 is 0. The van der Waals surface area contributed by atoms with Crippen LogP contribution in [0.1, 0.15) is 157 Å². The normalized spacial score (nSPS) is 14.3. The first kappa shape index (κ1) is 34.0. The first-order valence-corrected chi connectivity index (χ1v) is 20.7. The van der Waals surface area contributed by atoms with Gasteiger partial charge in [-0.25, -0.2) is 0 Å². The summed E-state index contributed by atoms with van der Waals surface area (Å²) in [7, 11) is -2.35. The largest absolute Gasteiger partial charge is 0.132 e. The van der Waals surface area contributed by atoms with Gasteiger partial charge in [-0.1, -0.05) is 205 Å². The number of benzene rings is 3. The molecule has 0 fully saturated rings. The molecule has 0 unspecified atom stereocenters. The van der Waals surface area contributed by atoms with Crippen molar-refractivity contribution in [2.45, 2.75) is 167 Å². The van der Waals surface area contributed by atoms with Gasteiger partial charge in [0.1, 0.15) is 8.07 Å². The van der Waals surface area contributed by atoms with Gasteiger partial charge in [0.15, 0.2) is 0 Å². The summed E-state index contributed by atoms with van der Waals surface area (Å²) in [5, 5.41) is 7.37. The lowest BCUT2D eigenvalue weighted by Crippen LogP contribution is -2.71. The van der Waals surface area contributed by atoms with Crippen LogP contribution in [0.2, 0.25) is 10.1 Å². The number of hydrogen-bond donors (Lipinski definition) is 0. The van der Waals surface area contributed by atoms with E-state index in [1.807, 2.05) is 5.19 Å². The molecule has 43 heavy (non-hydrogen) atoms. The average Bonchev–Trinajstić information content (AvgIpc) is 3.37. The van der Waals surface area contributed by atoms with Crippen LogP contribution >= 0.6 is 0 Å². The number of fused-ring (bicyclic) bond motifs is 5. The van der Waals surface area contributed by atoms with Crippen molar-refractivity contribution in [3.8, 4) is 11.1 Å². The topological polar surface area (TPSA) is 0 Å². The highest BCUT2D eigenvalue weighted by Crippen LogP contribution is 2.65. The molecule has 4 rings (SSSR count). The Hall–Kier alpha value is -1.86. The van der Waals surface area contributed by atoms with Crippen molar-refractivity contribution in [1.82, 2.24) is 0 Å². The molecule has 0 atom stereocenters. The summed E-state index contributed by atoms with van der Waals surface area (Å²) in [4.78, 5) is 0. The summed E-state index contributed by atoms with van der Waals surface area (Å²) < 4.78 is 0. The second-order valence-corrected chi connectivity index (χ2v) is 18.7. The predicted octanol–water partition coefficient (Wildman–Crippen LogP) is 13.0. The van der Waals surface area contributed by atoms with E-state index in [1.54, 1.807) is 21.7 Å². The van der Waals surface area contributed by atoms with Crippen molar-refractivity contribution in [2.75, 3.05) is 0 Å². The van der Waals surface area contributed by atoms with Crippen LogP contribution in [-0.4, -0.2) is 8.07 Å². The first-order chi connectivity index (χ1) is 21.1. The third kappa shape index (κ3) is 6.19. The molecule has 0 bridgehead atoms. The molecule has 0 aromatic heterocycles. The maximum Gasteiger partial charge on any atom is 0.132 e. The van der Waals surface area contributed by atoms with Gasteiger partial charge < -0.3 is 0 Å². The van der Waals surface area contributed by atoms with Gasteiger partial charge in [0.25, 0.3) is 0 Å². The molecule has 236 valence electrons. The summed E-state index contributed by atoms with van der Waals surface area (Å²) in [6.45, 7) is 15.0. The lowest BCUT2D eigenvalue weighted by atomic mass is 9.92. The number of unbranched alkanes of at least 4 members (excludes halogenated alkanes) is 10. The second-order valence-electron chi connectivity index (χ2n) is 14.0. The zero-order valence-electron chi connectivity index (χ0n) is 29.0. The molecule has 0 N–H and O–H groups in total. The molecule has 0 saturated carbocycles. The van der Waals surface area contributed by atoms with Crippen LogP contribution in [0, 0.1) is 0 Å². The van der Waals surface area contributed by atoms with E-state index in [2.05, 4.69) is 102 Å². The third-order valence-corrected chi connectivity index (χ3v) is 19.9. The van der Waals surface area contributed by atoms with Crippen LogP contribution in [-0.2, 0) is 0 Å². The molecule has 0 saturated heterocycles. The fourth-order valence-corrected chi connectivity index (χ4v) is 18.9. The second kappa shape index (κ2) is 15.9. The summed E-state index contributed by atoms with van der Waals surface area (Å²) in [6, 6.07) is 24.3. The minimum absolute atomic E-state index is 0.359. The molecule has 1 aliphatic heterocycles. The Morgan fingerprint density at radius 2 is 0.953 bits per heavy atom. The smallest absolute Gasteiger partial charge is 0.0654 e. The van der Waals surface area contributed by atoms with E-state index in [4.69, 9.17) is 0 Å². The van der Waals surface area contributed by atoms with E-state index >= 15 is 0 Å². The van der Waals surface area contributed by atoms with Crippen molar-refractivity contribution in [1.29, 1.82) is 0 Å². The van der Waals surface area contributed by atoms with Crippen molar-refractivity contribution in [3.63, 3.8) is 0 Å². The van der Waals surface area contributed by atoms with E-state index in [9.17, 15) is 0 Å². The summed E-state index contributed by atoms with van der Waals surface area (Å²) in [6.07, 6.45) is 24.7. The monoisotopic (exact) mass is 596 g/mol. The van der Waals surface area contributed by atoms with Gasteiger partial charge in [-0.2, -0.15) is 0 Å². The zero-order valence-corrected chi connectivity index (χ0v) is 30.0. The van der Waals surface area contributed by atoms with E-state index in [0.29, 0.717) is 10.1 Å². The van der Waals surface area contributed by atoms with Crippen LogP contribution < -0.4 is 10.4 Å². The quantitative estimate of drug-likeness (QED) is 0.0899. The SMILES string of the molecule is CCCCCCCCC(CC)(CC)[Si]1(C(CC)(CC)CCCCCCCC)c2ccccc2-c2ccc3ccccc3c21. The van der Waals surface area contributed by atoms with Crippen molar-refractivity contribution < 1.29 is 0 Å². The highest BCUT2D eigenvalue weighted by molar-refractivity contribution is 7.10. The molecule has 0 aliphatic carbocycles. The Kier molecular flexibility index (Phi) is 12.6. The number of hydrogen-bond acceptors (Lipinski definition) is 0. The molecule has 1 heterocycles. The van der Waals surface area contributed by atoms with Crippen molar-refractivity contribution in [2.24, 2.45) is 0 Å². The van der Waals surface area contributed by atoms with Crippen LogP contribution in [0.3, 0.4) is 0 Å². The molecule has 0 nitrogen and oxygen atoms in total. The fraction of sp³-hybridized carbons (Fsp3) is 0.619. The third-order valence-electron chi connectivity index (χ3n) is 12.2. The van der Waals surface area contributed by atoms with Crippen LogP contribution in [0.15, 0.2) is 60.7 Å². The van der Waals surface area contributed by atoms with E-state index in [1.165, 1.54) is 121 Å². The summed E-state index contributed by atoms with van der Waals surface area (Å²) in [5.41, 5.74) is 3.17. The van der Waals surface area contributed by atoms with Gasteiger partial charge in [-0.05, 0) is 55.2 Å². The Balaban J connectivity index is 1.97. The van der Waals surface area contributed by atoms with Crippen LogP contribution in [0.25, 0.3) is 21.9 Å². The van der Waals surface area contributed by atoms with Gasteiger partial charge in [-0.3, -0.25) is 0 Å². The highest BCUT2D eigenvalue weighted by Gasteiger charge is 2.66. The number of rotatable bonds is 20. The van der Waals surface area contributed by atoms with Crippen LogP contribution in [0.4, 0.5) is 0 Å². The molecule has 1 heteroatoms. The summed E-state index contributed by atoms with van der Waals surface area (Å²) in [5.74, 6) is 0. The Labute approximate surface area is 267 Å². The van der Waals surface area contributed by atoms with E-state index in [0.717, 1.165) is 0 Å². The zero-order chi connectivity index (χ0) is 30.8. The van der Waals surface area contributed by atoms with Gasteiger partial charge in [0, 0.05) is 0 Å². The highest BCUT2D eigenvalue weighted by atomic mass is 28.3.